The van der Waals surface area contributed by atoms with Crippen molar-refractivity contribution in [1.82, 2.24) is 4.31 Å². The van der Waals surface area contributed by atoms with Crippen LogP contribution in [-0.4, -0.2) is 44.7 Å². The average Bonchev–Trinajstić information content (AvgIpc) is 3.14. The first-order chi connectivity index (χ1) is 14.3. The summed E-state index contributed by atoms with van der Waals surface area (Å²) in [6.45, 7) is 0.863. The molecule has 1 saturated heterocycles. The van der Waals surface area contributed by atoms with E-state index in [1.165, 1.54) is 19.2 Å². The molecule has 2 amide bonds. The maximum atomic E-state index is 13.0. The molecule has 2 aromatic carbocycles. The maximum absolute atomic E-state index is 13.0. The van der Waals surface area contributed by atoms with E-state index in [-0.39, 0.29) is 29.7 Å². The van der Waals surface area contributed by atoms with Crippen molar-refractivity contribution in [1.29, 1.82) is 0 Å². The van der Waals surface area contributed by atoms with Gasteiger partial charge in [0.25, 0.3) is 0 Å². The minimum atomic E-state index is -3.73. The number of hydrogen-bond acceptors (Lipinski definition) is 4. The van der Waals surface area contributed by atoms with Crippen LogP contribution in [0.15, 0.2) is 53.4 Å². The Morgan fingerprint density at radius 2 is 1.80 bits per heavy atom. The first kappa shape index (κ1) is 21.9. The van der Waals surface area contributed by atoms with Gasteiger partial charge in [-0.2, -0.15) is 0 Å². The van der Waals surface area contributed by atoms with Gasteiger partial charge in [-0.1, -0.05) is 0 Å². The average molecular weight is 434 g/mol. The van der Waals surface area contributed by atoms with Crippen LogP contribution in [0.2, 0.25) is 0 Å². The lowest BCUT2D eigenvalue weighted by molar-refractivity contribution is -0.117. The normalized spacial score (nSPS) is 14.4. The van der Waals surface area contributed by atoms with Crippen molar-refractivity contribution in [2.45, 2.75) is 30.6 Å². The van der Waals surface area contributed by atoms with Crippen LogP contribution in [0.4, 0.5) is 15.8 Å². The van der Waals surface area contributed by atoms with Crippen LogP contribution in [0.5, 0.6) is 0 Å². The molecular weight excluding hydrogens is 409 g/mol. The van der Waals surface area contributed by atoms with Crippen LogP contribution in [0.1, 0.15) is 25.7 Å². The van der Waals surface area contributed by atoms with Crippen molar-refractivity contribution in [2.75, 3.05) is 30.4 Å². The molecule has 160 valence electrons. The summed E-state index contributed by atoms with van der Waals surface area (Å²) in [7, 11) is -2.30. The summed E-state index contributed by atoms with van der Waals surface area (Å²) in [5.74, 6) is -0.632. The van der Waals surface area contributed by atoms with E-state index in [9.17, 15) is 22.4 Å². The number of sulfonamides is 1. The predicted molar refractivity (Wildman–Crippen MR) is 112 cm³/mol. The summed E-state index contributed by atoms with van der Waals surface area (Å²) in [6, 6.07) is 11.7. The van der Waals surface area contributed by atoms with Gasteiger partial charge in [0.05, 0.1) is 4.90 Å². The van der Waals surface area contributed by atoms with Crippen LogP contribution in [0.25, 0.3) is 0 Å². The van der Waals surface area contributed by atoms with Gasteiger partial charge >= 0.3 is 0 Å². The second-order valence-corrected chi connectivity index (χ2v) is 9.17. The number of halogens is 1. The van der Waals surface area contributed by atoms with Crippen molar-refractivity contribution in [3.05, 3.63) is 54.3 Å². The Morgan fingerprint density at radius 1 is 1.13 bits per heavy atom. The standard InChI is InChI=1S/C21H24FN3O4S/c1-24(30(28,29)19-12-6-16(22)7-13-19)14-2-4-20(26)23-17-8-10-18(11-9-17)25-15-3-5-21(25)27/h6-13H,2-5,14-15H2,1H3,(H,23,26). The lowest BCUT2D eigenvalue weighted by Crippen LogP contribution is -2.28. The Hall–Kier alpha value is -2.78. The Balaban J connectivity index is 1.47. The fraction of sp³-hybridized carbons (Fsp3) is 0.333. The summed E-state index contributed by atoms with van der Waals surface area (Å²) >= 11 is 0. The molecule has 0 atom stereocenters. The second kappa shape index (κ2) is 9.36. The largest absolute Gasteiger partial charge is 0.326 e. The number of carbonyl (C=O) groups excluding carboxylic acids is 2. The Bertz CT molecular complexity index is 1010. The summed E-state index contributed by atoms with van der Waals surface area (Å²) in [5.41, 5.74) is 1.42. The SMILES string of the molecule is CN(CCCC(=O)Nc1ccc(N2CCCC2=O)cc1)S(=O)(=O)c1ccc(F)cc1. The van der Waals surface area contributed by atoms with Crippen LogP contribution in [-0.2, 0) is 19.6 Å². The van der Waals surface area contributed by atoms with Gasteiger partial charge in [-0.3, -0.25) is 9.59 Å². The van der Waals surface area contributed by atoms with Gasteiger partial charge in [-0.15, -0.1) is 0 Å². The molecule has 0 spiro atoms. The first-order valence-electron chi connectivity index (χ1n) is 9.69. The number of rotatable bonds is 8. The highest BCUT2D eigenvalue weighted by molar-refractivity contribution is 7.89. The maximum Gasteiger partial charge on any atom is 0.242 e. The highest BCUT2D eigenvalue weighted by atomic mass is 32.2. The predicted octanol–water partition coefficient (Wildman–Crippen LogP) is 2.99. The minimum Gasteiger partial charge on any atom is -0.326 e. The van der Waals surface area contributed by atoms with Crippen LogP contribution >= 0.6 is 0 Å². The number of nitrogens with zero attached hydrogens (tertiary/aromatic N) is 2. The molecule has 0 radical (unpaired) electrons. The second-order valence-electron chi connectivity index (χ2n) is 7.13. The smallest absolute Gasteiger partial charge is 0.242 e. The molecule has 1 heterocycles. The van der Waals surface area contributed by atoms with E-state index in [1.54, 1.807) is 29.2 Å². The zero-order chi connectivity index (χ0) is 21.7. The molecule has 1 aliphatic rings. The number of carbonyl (C=O) groups is 2. The molecule has 2 aromatic rings. The van der Waals surface area contributed by atoms with E-state index in [2.05, 4.69) is 5.32 Å². The van der Waals surface area contributed by atoms with Crippen molar-refractivity contribution < 1.29 is 22.4 Å². The quantitative estimate of drug-likeness (QED) is 0.693. The minimum absolute atomic E-state index is 0.00688. The van der Waals surface area contributed by atoms with E-state index in [4.69, 9.17) is 0 Å². The fourth-order valence-electron chi connectivity index (χ4n) is 3.24. The number of anilines is 2. The Labute approximate surface area is 175 Å². The molecule has 30 heavy (non-hydrogen) atoms. The molecule has 1 N–H and O–H groups in total. The number of nitrogens with one attached hydrogen (secondary N) is 1. The molecule has 0 unspecified atom stereocenters. The molecule has 0 saturated carbocycles. The summed E-state index contributed by atoms with van der Waals surface area (Å²) in [4.78, 5) is 25.7. The van der Waals surface area contributed by atoms with Crippen molar-refractivity contribution in [3.63, 3.8) is 0 Å². The lowest BCUT2D eigenvalue weighted by Gasteiger charge is -2.17. The van der Waals surface area contributed by atoms with Crippen LogP contribution in [0, 0.1) is 5.82 Å². The third-order valence-electron chi connectivity index (χ3n) is 4.93. The lowest BCUT2D eigenvalue weighted by atomic mass is 10.2. The van der Waals surface area contributed by atoms with Gasteiger partial charge in [0.1, 0.15) is 5.82 Å². The number of benzene rings is 2. The highest BCUT2D eigenvalue weighted by Gasteiger charge is 2.22. The molecule has 7 nitrogen and oxygen atoms in total. The third-order valence-corrected chi connectivity index (χ3v) is 6.81. The Kier molecular flexibility index (Phi) is 6.84. The Morgan fingerprint density at radius 3 is 2.40 bits per heavy atom. The van der Waals surface area contributed by atoms with Crippen molar-refractivity contribution >= 4 is 33.2 Å². The molecule has 0 bridgehead atoms. The first-order valence-corrected chi connectivity index (χ1v) is 11.1. The summed E-state index contributed by atoms with van der Waals surface area (Å²) < 4.78 is 39.0. The van der Waals surface area contributed by atoms with E-state index < -0.39 is 15.8 Å². The van der Waals surface area contributed by atoms with Gasteiger partial charge in [-0.25, -0.2) is 17.1 Å². The zero-order valence-corrected chi connectivity index (χ0v) is 17.5. The van der Waals surface area contributed by atoms with Crippen molar-refractivity contribution in [3.8, 4) is 0 Å². The summed E-state index contributed by atoms with van der Waals surface area (Å²) in [5, 5.41) is 2.77. The van der Waals surface area contributed by atoms with E-state index >= 15 is 0 Å². The van der Waals surface area contributed by atoms with Crippen LogP contribution in [0.3, 0.4) is 0 Å². The van der Waals surface area contributed by atoms with E-state index in [1.807, 2.05) is 0 Å². The molecule has 0 aromatic heterocycles. The number of hydrogen-bond donors (Lipinski definition) is 1. The molecule has 1 fully saturated rings. The van der Waals surface area contributed by atoms with E-state index in [0.717, 1.165) is 28.5 Å². The molecule has 9 heteroatoms. The molecular formula is C21H24FN3O4S. The zero-order valence-electron chi connectivity index (χ0n) is 16.7. The van der Waals surface area contributed by atoms with E-state index in [0.29, 0.717) is 25.1 Å². The van der Waals surface area contributed by atoms with Gasteiger partial charge in [-0.05, 0) is 61.4 Å². The van der Waals surface area contributed by atoms with Crippen LogP contribution < -0.4 is 10.2 Å². The topological polar surface area (TPSA) is 86.8 Å². The third kappa shape index (κ3) is 5.22. The van der Waals surface area contributed by atoms with Gasteiger partial charge in [0, 0.05) is 44.4 Å². The van der Waals surface area contributed by atoms with Gasteiger partial charge in [0.15, 0.2) is 0 Å². The fourth-order valence-corrected chi connectivity index (χ4v) is 4.45. The molecule has 3 rings (SSSR count). The molecule has 0 aliphatic carbocycles. The molecule has 1 aliphatic heterocycles. The highest BCUT2D eigenvalue weighted by Crippen LogP contribution is 2.23. The summed E-state index contributed by atoms with van der Waals surface area (Å²) in [6.07, 6.45) is 1.89. The monoisotopic (exact) mass is 433 g/mol. The van der Waals surface area contributed by atoms with Gasteiger partial charge in [0.2, 0.25) is 21.8 Å². The number of amides is 2. The van der Waals surface area contributed by atoms with Crippen molar-refractivity contribution in [2.24, 2.45) is 0 Å². The van der Waals surface area contributed by atoms with Gasteiger partial charge < -0.3 is 10.2 Å².